The summed E-state index contributed by atoms with van der Waals surface area (Å²) >= 11 is 0. The number of hydrogen-bond acceptors (Lipinski definition) is 2. The van der Waals surface area contributed by atoms with Gasteiger partial charge in [0.05, 0.1) is 6.61 Å². The van der Waals surface area contributed by atoms with Crippen molar-refractivity contribution in [3.63, 3.8) is 0 Å². The van der Waals surface area contributed by atoms with Gasteiger partial charge >= 0.3 is 0 Å². The van der Waals surface area contributed by atoms with Crippen molar-refractivity contribution in [2.45, 2.75) is 25.8 Å². The van der Waals surface area contributed by atoms with Gasteiger partial charge in [-0.1, -0.05) is 0 Å². The van der Waals surface area contributed by atoms with Gasteiger partial charge in [-0.15, -0.1) is 0 Å². The number of hydrogen-bond donors (Lipinski definition) is 1. The zero-order valence-electron chi connectivity index (χ0n) is 10.2. The van der Waals surface area contributed by atoms with Crippen LogP contribution >= 0.6 is 0 Å². The molecular weight excluding hydrogens is 250 g/mol. The van der Waals surface area contributed by atoms with E-state index in [1.165, 1.54) is 0 Å². The molecule has 6 heteroatoms. The van der Waals surface area contributed by atoms with E-state index in [9.17, 15) is 17.6 Å². The van der Waals surface area contributed by atoms with Gasteiger partial charge in [-0.25, -0.2) is 8.78 Å². The third kappa shape index (κ3) is 3.60. The van der Waals surface area contributed by atoms with E-state index < -0.39 is 29.0 Å². The van der Waals surface area contributed by atoms with Crippen LogP contribution in [0, 0.1) is 23.3 Å². The maximum Gasteiger partial charge on any atom is 0.203 e. The minimum absolute atomic E-state index is 0.0112. The summed E-state index contributed by atoms with van der Waals surface area (Å²) in [5.74, 6) is -6.93. The zero-order valence-corrected chi connectivity index (χ0v) is 10.2. The second-order valence-corrected chi connectivity index (χ2v) is 3.98. The molecule has 0 saturated heterocycles. The molecular formula is C12H15F4NO. The van der Waals surface area contributed by atoms with Crippen molar-refractivity contribution in [2.24, 2.45) is 0 Å². The molecule has 1 N–H and O–H groups in total. The Bertz CT molecular complexity index is 385. The summed E-state index contributed by atoms with van der Waals surface area (Å²) in [6.07, 6.45) is 1.23. The van der Waals surface area contributed by atoms with Crippen molar-refractivity contribution in [2.75, 3.05) is 13.7 Å². The van der Waals surface area contributed by atoms with Gasteiger partial charge in [-0.3, -0.25) is 0 Å². The molecule has 1 atom stereocenters. The van der Waals surface area contributed by atoms with Crippen LogP contribution in [0.2, 0.25) is 0 Å². The van der Waals surface area contributed by atoms with E-state index in [4.69, 9.17) is 4.74 Å². The molecule has 0 aliphatic rings. The van der Waals surface area contributed by atoms with Crippen LogP contribution in [-0.4, -0.2) is 19.7 Å². The Hall–Kier alpha value is -1.30. The van der Waals surface area contributed by atoms with E-state index in [0.717, 1.165) is 6.42 Å². The maximum atomic E-state index is 13.2. The first kappa shape index (κ1) is 14.8. The lowest BCUT2D eigenvalue weighted by atomic mass is 10.2. The molecule has 0 spiro atoms. The van der Waals surface area contributed by atoms with E-state index in [2.05, 4.69) is 5.32 Å². The number of ether oxygens (including phenoxy) is 1. The molecule has 0 saturated carbocycles. The van der Waals surface area contributed by atoms with Crippen LogP contribution in [0.5, 0.6) is 5.75 Å². The fourth-order valence-electron chi connectivity index (χ4n) is 1.39. The maximum absolute atomic E-state index is 13.2. The van der Waals surface area contributed by atoms with Crippen molar-refractivity contribution in [3.05, 3.63) is 29.3 Å². The molecule has 0 heterocycles. The zero-order chi connectivity index (χ0) is 13.7. The van der Waals surface area contributed by atoms with Crippen LogP contribution in [0.1, 0.15) is 19.8 Å². The fourth-order valence-corrected chi connectivity index (χ4v) is 1.39. The average Bonchev–Trinajstić information content (AvgIpc) is 2.35. The summed E-state index contributed by atoms with van der Waals surface area (Å²) in [5, 5.41) is 2.98. The van der Waals surface area contributed by atoms with E-state index in [1.807, 2.05) is 6.92 Å². The van der Waals surface area contributed by atoms with Crippen LogP contribution in [0.25, 0.3) is 0 Å². The van der Waals surface area contributed by atoms with Gasteiger partial charge in [0.1, 0.15) is 0 Å². The SMILES string of the molecule is CNC(C)CCCOc1c(F)c(F)cc(F)c1F. The van der Waals surface area contributed by atoms with Gasteiger partial charge in [-0.05, 0) is 26.8 Å². The molecule has 0 bridgehead atoms. The van der Waals surface area contributed by atoms with Crippen molar-refractivity contribution in [1.82, 2.24) is 5.32 Å². The molecule has 18 heavy (non-hydrogen) atoms. The first-order valence-corrected chi connectivity index (χ1v) is 5.60. The quantitative estimate of drug-likeness (QED) is 0.485. The van der Waals surface area contributed by atoms with Crippen molar-refractivity contribution >= 4 is 0 Å². The Morgan fingerprint density at radius 3 is 2.22 bits per heavy atom. The highest BCUT2D eigenvalue weighted by Gasteiger charge is 2.20. The number of halogens is 4. The molecule has 1 aromatic rings. The summed E-state index contributed by atoms with van der Waals surface area (Å²) in [6.45, 7) is 1.92. The Labute approximate surface area is 103 Å². The lowest BCUT2D eigenvalue weighted by Gasteiger charge is -2.12. The molecule has 0 amide bonds. The Balaban J connectivity index is 2.62. The number of nitrogens with one attached hydrogen (secondary N) is 1. The summed E-state index contributed by atoms with van der Waals surface area (Å²) in [6, 6.07) is 0.383. The summed E-state index contributed by atoms with van der Waals surface area (Å²) in [5.41, 5.74) is 0. The monoisotopic (exact) mass is 265 g/mol. The third-order valence-corrected chi connectivity index (χ3v) is 2.59. The van der Waals surface area contributed by atoms with Crippen LogP contribution in [0.15, 0.2) is 6.07 Å². The molecule has 1 aromatic carbocycles. The Morgan fingerprint density at radius 1 is 1.17 bits per heavy atom. The minimum atomic E-state index is -1.50. The van der Waals surface area contributed by atoms with Crippen molar-refractivity contribution in [3.8, 4) is 5.75 Å². The second-order valence-electron chi connectivity index (χ2n) is 3.98. The van der Waals surface area contributed by atoms with E-state index in [1.54, 1.807) is 7.05 Å². The predicted octanol–water partition coefficient (Wildman–Crippen LogP) is 3.01. The van der Waals surface area contributed by atoms with Crippen LogP contribution in [0.3, 0.4) is 0 Å². The molecule has 1 unspecified atom stereocenters. The highest BCUT2D eigenvalue weighted by Crippen LogP contribution is 2.26. The van der Waals surface area contributed by atoms with Crippen LogP contribution in [-0.2, 0) is 0 Å². The molecule has 2 nitrogen and oxygen atoms in total. The van der Waals surface area contributed by atoms with Gasteiger partial charge < -0.3 is 10.1 Å². The van der Waals surface area contributed by atoms with Crippen LogP contribution < -0.4 is 10.1 Å². The number of rotatable bonds is 6. The van der Waals surface area contributed by atoms with E-state index in [-0.39, 0.29) is 18.7 Å². The minimum Gasteiger partial charge on any atom is -0.487 e. The predicted molar refractivity (Wildman–Crippen MR) is 59.5 cm³/mol. The molecule has 0 radical (unpaired) electrons. The fraction of sp³-hybridized carbons (Fsp3) is 0.500. The number of benzene rings is 1. The summed E-state index contributed by atoms with van der Waals surface area (Å²) in [4.78, 5) is 0. The molecule has 0 aliphatic heterocycles. The summed E-state index contributed by atoms with van der Waals surface area (Å²) < 4.78 is 56.8. The Kier molecular flexibility index (Phi) is 5.40. The normalized spacial score (nSPS) is 12.6. The van der Waals surface area contributed by atoms with Gasteiger partial charge in [-0.2, -0.15) is 8.78 Å². The van der Waals surface area contributed by atoms with Gasteiger partial charge in [0.25, 0.3) is 0 Å². The standard InChI is InChI=1S/C12H15F4NO/c1-7(17-2)4-3-5-18-12-10(15)8(13)6-9(14)11(12)16/h6-7,17H,3-5H2,1-2H3. The third-order valence-electron chi connectivity index (χ3n) is 2.59. The lowest BCUT2D eigenvalue weighted by Crippen LogP contribution is -2.21. The lowest BCUT2D eigenvalue weighted by molar-refractivity contribution is 0.260. The van der Waals surface area contributed by atoms with E-state index in [0.29, 0.717) is 6.42 Å². The van der Waals surface area contributed by atoms with Gasteiger partial charge in [0.15, 0.2) is 17.4 Å². The topological polar surface area (TPSA) is 21.3 Å². The van der Waals surface area contributed by atoms with Crippen molar-refractivity contribution < 1.29 is 22.3 Å². The van der Waals surface area contributed by atoms with Gasteiger partial charge in [0, 0.05) is 12.1 Å². The highest BCUT2D eigenvalue weighted by atomic mass is 19.2. The van der Waals surface area contributed by atoms with E-state index >= 15 is 0 Å². The molecule has 0 aliphatic carbocycles. The van der Waals surface area contributed by atoms with Gasteiger partial charge in [0.2, 0.25) is 11.6 Å². The molecule has 102 valence electrons. The summed E-state index contributed by atoms with van der Waals surface area (Å²) in [7, 11) is 1.78. The molecule has 1 rings (SSSR count). The largest absolute Gasteiger partial charge is 0.487 e. The smallest absolute Gasteiger partial charge is 0.203 e. The van der Waals surface area contributed by atoms with Crippen LogP contribution in [0.4, 0.5) is 17.6 Å². The average molecular weight is 265 g/mol. The first-order chi connectivity index (χ1) is 8.47. The molecule has 0 fully saturated rings. The molecule has 0 aromatic heterocycles. The Morgan fingerprint density at radius 2 is 1.72 bits per heavy atom. The first-order valence-electron chi connectivity index (χ1n) is 5.60. The van der Waals surface area contributed by atoms with Crippen molar-refractivity contribution in [1.29, 1.82) is 0 Å². The second kappa shape index (κ2) is 6.58. The highest BCUT2D eigenvalue weighted by molar-refractivity contribution is 5.28.